The number of hydrogen-bond acceptors (Lipinski definition) is 3. The molecule has 0 spiro atoms. The number of nitrogens with one attached hydrogen (secondary N) is 1. The largest absolute Gasteiger partial charge is 0.339 e. The maximum atomic E-state index is 13.8. The molecule has 98 valence electrons. The van der Waals surface area contributed by atoms with Crippen molar-refractivity contribution in [3.63, 3.8) is 0 Å². The Morgan fingerprint density at radius 3 is 2.58 bits per heavy atom. The van der Waals surface area contributed by atoms with E-state index in [1.807, 2.05) is 0 Å². The van der Waals surface area contributed by atoms with Gasteiger partial charge in [-0.2, -0.15) is 0 Å². The molecule has 3 aromatic rings. The number of sulfone groups is 1. The number of aromatic amines is 1. The number of fused-ring (bicyclic) bond motifs is 3. The van der Waals surface area contributed by atoms with Crippen LogP contribution in [-0.2, 0) is 9.84 Å². The Labute approximate surface area is 107 Å². The summed E-state index contributed by atoms with van der Waals surface area (Å²) < 4.78 is 49.8. The van der Waals surface area contributed by atoms with Crippen molar-refractivity contribution in [2.24, 2.45) is 0 Å². The summed E-state index contributed by atoms with van der Waals surface area (Å²) in [6.07, 6.45) is 1.96. The Morgan fingerprint density at radius 2 is 1.89 bits per heavy atom. The lowest BCUT2D eigenvalue weighted by molar-refractivity contribution is 0.572. The highest BCUT2D eigenvalue weighted by Crippen LogP contribution is 2.28. The predicted octanol–water partition coefficient (Wildman–Crippen LogP) is 2.40. The van der Waals surface area contributed by atoms with E-state index in [1.54, 1.807) is 0 Å². The number of aromatic nitrogens is 2. The first-order valence-corrected chi connectivity index (χ1v) is 7.22. The molecule has 0 atom stereocenters. The Bertz CT molecular complexity index is 916. The highest BCUT2D eigenvalue weighted by atomic mass is 32.2. The van der Waals surface area contributed by atoms with Gasteiger partial charge in [-0.1, -0.05) is 0 Å². The molecule has 0 aliphatic rings. The van der Waals surface area contributed by atoms with E-state index in [-0.39, 0.29) is 0 Å². The molecule has 3 rings (SSSR count). The second-order valence-electron chi connectivity index (χ2n) is 4.28. The molecule has 0 unspecified atom stereocenters. The summed E-state index contributed by atoms with van der Waals surface area (Å²) in [7, 11) is -3.66. The van der Waals surface area contributed by atoms with Gasteiger partial charge in [0.25, 0.3) is 0 Å². The van der Waals surface area contributed by atoms with Gasteiger partial charge < -0.3 is 4.98 Å². The van der Waals surface area contributed by atoms with Gasteiger partial charge in [0, 0.05) is 22.5 Å². The fraction of sp³-hybridized carbons (Fsp3) is 0.0833. The van der Waals surface area contributed by atoms with E-state index in [9.17, 15) is 17.2 Å². The zero-order valence-electron chi connectivity index (χ0n) is 9.74. The van der Waals surface area contributed by atoms with Crippen LogP contribution in [0.3, 0.4) is 0 Å². The highest BCUT2D eigenvalue weighted by Gasteiger charge is 2.17. The number of rotatable bonds is 1. The van der Waals surface area contributed by atoms with Gasteiger partial charge in [0.15, 0.2) is 9.84 Å². The summed E-state index contributed by atoms with van der Waals surface area (Å²) in [5.41, 5.74) is 0.774. The Morgan fingerprint density at radius 1 is 1.16 bits per heavy atom. The maximum absolute atomic E-state index is 13.8. The molecule has 0 fully saturated rings. The molecular formula is C12H8F2N2O2S. The van der Waals surface area contributed by atoms with Crippen LogP contribution in [0, 0.1) is 11.6 Å². The van der Waals surface area contributed by atoms with E-state index in [0.29, 0.717) is 21.9 Å². The zero-order chi connectivity index (χ0) is 13.8. The number of benzene rings is 1. The van der Waals surface area contributed by atoms with E-state index in [4.69, 9.17) is 0 Å². The summed E-state index contributed by atoms with van der Waals surface area (Å²) >= 11 is 0. The van der Waals surface area contributed by atoms with Crippen LogP contribution in [0.15, 0.2) is 29.3 Å². The molecule has 7 heteroatoms. The van der Waals surface area contributed by atoms with Crippen molar-refractivity contribution < 1.29 is 17.2 Å². The molecule has 0 amide bonds. The summed E-state index contributed by atoms with van der Waals surface area (Å²) in [6.45, 7) is 0. The number of halogens is 2. The molecular weight excluding hydrogens is 274 g/mol. The van der Waals surface area contributed by atoms with Crippen LogP contribution in [0.5, 0.6) is 0 Å². The van der Waals surface area contributed by atoms with E-state index >= 15 is 0 Å². The van der Waals surface area contributed by atoms with Crippen molar-refractivity contribution >= 4 is 31.8 Å². The molecule has 2 aromatic heterocycles. The molecule has 0 radical (unpaired) electrons. The fourth-order valence-corrected chi connectivity index (χ4v) is 2.78. The maximum Gasteiger partial charge on any atom is 0.178 e. The van der Waals surface area contributed by atoms with Gasteiger partial charge in [0.1, 0.15) is 22.2 Å². The standard InChI is InChI=1S/C12H8F2N2O2S/c1-19(17,18)11-4-10-7(3-9(11)14)8-2-6(13)5-15-12(8)16-10/h2-5H,1H3,(H,15,16). The number of nitrogens with zero attached hydrogens (tertiary/aromatic N) is 1. The first-order chi connectivity index (χ1) is 8.86. The minimum Gasteiger partial charge on any atom is -0.339 e. The molecule has 0 saturated carbocycles. The minimum absolute atomic E-state index is 0.376. The number of hydrogen-bond donors (Lipinski definition) is 1. The fourth-order valence-electron chi connectivity index (χ4n) is 2.04. The van der Waals surface area contributed by atoms with Crippen LogP contribution in [0.1, 0.15) is 0 Å². The molecule has 2 heterocycles. The van der Waals surface area contributed by atoms with Crippen LogP contribution in [0.2, 0.25) is 0 Å². The molecule has 4 nitrogen and oxygen atoms in total. The van der Waals surface area contributed by atoms with Gasteiger partial charge in [0.05, 0.1) is 6.20 Å². The second-order valence-corrected chi connectivity index (χ2v) is 6.26. The third-order valence-electron chi connectivity index (χ3n) is 2.87. The molecule has 1 aromatic carbocycles. The zero-order valence-corrected chi connectivity index (χ0v) is 10.6. The summed E-state index contributed by atoms with van der Waals surface area (Å²) in [6, 6.07) is 3.49. The first-order valence-electron chi connectivity index (χ1n) is 5.33. The van der Waals surface area contributed by atoms with Crippen molar-refractivity contribution in [3.8, 4) is 0 Å². The van der Waals surface area contributed by atoms with Crippen molar-refractivity contribution in [2.45, 2.75) is 4.90 Å². The molecule has 0 bridgehead atoms. The van der Waals surface area contributed by atoms with Gasteiger partial charge in [-0.3, -0.25) is 0 Å². The Balaban J connectivity index is 2.47. The Hall–Kier alpha value is -2.02. The van der Waals surface area contributed by atoms with Gasteiger partial charge in [-0.05, 0) is 18.2 Å². The molecule has 1 N–H and O–H groups in total. The van der Waals surface area contributed by atoms with E-state index in [1.165, 1.54) is 12.1 Å². The number of H-pyrrole nitrogens is 1. The predicted molar refractivity (Wildman–Crippen MR) is 66.6 cm³/mol. The summed E-state index contributed by atoms with van der Waals surface area (Å²) in [5, 5.41) is 0.806. The lowest BCUT2D eigenvalue weighted by Gasteiger charge is -2.00. The van der Waals surface area contributed by atoms with Crippen LogP contribution < -0.4 is 0 Å². The average Bonchev–Trinajstić information content (AvgIpc) is 2.64. The van der Waals surface area contributed by atoms with Gasteiger partial charge >= 0.3 is 0 Å². The van der Waals surface area contributed by atoms with E-state index in [2.05, 4.69) is 9.97 Å². The monoisotopic (exact) mass is 282 g/mol. The van der Waals surface area contributed by atoms with Gasteiger partial charge in [-0.25, -0.2) is 22.2 Å². The highest BCUT2D eigenvalue weighted by molar-refractivity contribution is 7.90. The molecule has 19 heavy (non-hydrogen) atoms. The van der Waals surface area contributed by atoms with E-state index in [0.717, 1.165) is 18.5 Å². The molecule has 0 aliphatic carbocycles. The number of pyridine rings is 1. The smallest absolute Gasteiger partial charge is 0.178 e. The lowest BCUT2D eigenvalue weighted by Crippen LogP contribution is -2.00. The van der Waals surface area contributed by atoms with Crippen LogP contribution in [-0.4, -0.2) is 24.6 Å². The lowest BCUT2D eigenvalue weighted by atomic mass is 10.2. The molecule has 0 aliphatic heterocycles. The quantitative estimate of drug-likeness (QED) is 0.745. The average molecular weight is 282 g/mol. The Kier molecular flexibility index (Phi) is 2.37. The SMILES string of the molecule is CS(=O)(=O)c1cc2[nH]c3ncc(F)cc3c2cc1F. The molecule has 0 saturated heterocycles. The first kappa shape index (κ1) is 12.0. The van der Waals surface area contributed by atoms with Crippen LogP contribution >= 0.6 is 0 Å². The normalized spacial score (nSPS) is 12.4. The third kappa shape index (κ3) is 1.86. The van der Waals surface area contributed by atoms with Crippen LogP contribution in [0.25, 0.3) is 21.9 Å². The van der Waals surface area contributed by atoms with Crippen molar-refractivity contribution in [3.05, 3.63) is 36.0 Å². The third-order valence-corrected chi connectivity index (χ3v) is 3.98. The van der Waals surface area contributed by atoms with Crippen molar-refractivity contribution in [1.82, 2.24) is 9.97 Å². The second kappa shape index (κ2) is 3.74. The minimum atomic E-state index is -3.66. The van der Waals surface area contributed by atoms with Gasteiger partial charge in [-0.15, -0.1) is 0 Å². The van der Waals surface area contributed by atoms with Crippen molar-refractivity contribution in [1.29, 1.82) is 0 Å². The van der Waals surface area contributed by atoms with Crippen molar-refractivity contribution in [2.75, 3.05) is 6.26 Å². The topological polar surface area (TPSA) is 62.8 Å². The van der Waals surface area contributed by atoms with Crippen LogP contribution in [0.4, 0.5) is 8.78 Å². The summed E-state index contributed by atoms with van der Waals surface area (Å²) in [4.78, 5) is 6.28. The van der Waals surface area contributed by atoms with E-state index < -0.39 is 26.4 Å². The van der Waals surface area contributed by atoms with Gasteiger partial charge in [0.2, 0.25) is 0 Å². The summed E-state index contributed by atoms with van der Waals surface area (Å²) in [5.74, 6) is -1.40.